The zero-order valence-electron chi connectivity index (χ0n) is 11.2. The Morgan fingerprint density at radius 3 is 2.70 bits per heavy atom. The lowest BCUT2D eigenvalue weighted by atomic mass is 10.1. The Kier molecular flexibility index (Phi) is 4.25. The number of carbonyl (C=O) groups is 1. The van der Waals surface area contributed by atoms with Crippen molar-refractivity contribution in [3.8, 4) is 5.75 Å². The minimum Gasteiger partial charge on any atom is -0.486 e. The molecule has 0 aliphatic carbocycles. The van der Waals surface area contributed by atoms with E-state index in [0.717, 1.165) is 11.1 Å². The van der Waals surface area contributed by atoms with Crippen LogP contribution in [0.15, 0.2) is 30.3 Å². The Morgan fingerprint density at radius 1 is 1.30 bits per heavy atom. The highest BCUT2D eigenvalue weighted by Gasteiger charge is 2.14. The molecular formula is C15H14ClNO3. The number of rotatable bonds is 4. The summed E-state index contributed by atoms with van der Waals surface area (Å²) < 4.78 is 5.53. The molecule has 2 rings (SSSR count). The summed E-state index contributed by atoms with van der Waals surface area (Å²) in [4.78, 5) is 15.1. The highest BCUT2D eigenvalue weighted by molar-refractivity contribution is 6.31. The summed E-state index contributed by atoms with van der Waals surface area (Å²) in [7, 11) is 0. The largest absolute Gasteiger partial charge is 0.486 e. The zero-order chi connectivity index (χ0) is 14.7. The second kappa shape index (κ2) is 5.92. The maximum absolute atomic E-state index is 11.1. The predicted octanol–water partition coefficient (Wildman–Crippen LogP) is 3.63. The first-order valence-corrected chi connectivity index (χ1v) is 6.44. The maximum atomic E-state index is 11.1. The van der Waals surface area contributed by atoms with Crippen LogP contribution < -0.4 is 4.74 Å². The minimum absolute atomic E-state index is 0.0896. The first-order chi connectivity index (χ1) is 9.47. The topological polar surface area (TPSA) is 59.4 Å². The number of carboxylic acid groups (broad SMARTS) is 1. The van der Waals surface area contributed by atoms with Gasteiger partial charge in [-0.1, -0.05) is 23.7 Å². The Hall–Kier alpha value is -2.07. The van der Waals surface area contributed by atoms with Gasteiger partial charge in [0, 0.05) is 16.3 Å². The van der Waals surface area contributed by atoms with Crippen LogP contribution in [0.3, 0.4) is 0 Å². The maximum Gasteiger partial charge on any atom is 0.358 e. The molecule has 0 fully saturated rings. The highest BCUT2D eigenvalue weighted by Crippen LogP contribution is 2.22. The summed E-state index contributed by atoms with van der Waals surface area (Å²) in [5, 5.41) is 9.71. The molecule has 0 radical (unpaired) electrons. The first kappa shape index (κ1) is 14.3. The van der Waals surface area contributed by atoms with E-state index in [9.17, 15) is 4.79 Å². The van der Waals surface area contributed by atoms with Crippen LogP contribution in [-0.2, 0) is 6.61 Å². The Balaban J connectivity index is 2.20. The van der Waals surface area contributed by atoms with E-state index < -0.39 is 5.97 Å². The van der Waals surface area contributed by atoms with Gasteiger partial charge in [0.25, 0.3) is 0 Å². The molecule has 104 valence electrons. The number of aryl methyl sites for hydroxylation is 2. The molecule has 1 N–H and O–H groups in total. The van der Waals surface area contributed by atoms with Gasteiger partial charge in [-0.15, -0.1) is 0 Å². The minimum atomic E-state index is -1.11. The monoisotopic (exact) mass is 291 g/mol. The van der Waals surface area contributed by atoms with Crippen molar-refractivity contribution in [2.24, 2.45) is 0 Å². The smallest absolute Gasteiger partial charge is 0.358 e. The Labute approximate surface area is 122 Å². The first-order valence-electron chi connectivity index (χ1n) is 6.06. The normalized spacial score (nSPS) is 10.3. The number of ether oxygens (including phenoxy) is 1. The zero-order valence-corrected chi connectivity index (χ0v) is 11.9. The van der Waals surface area contributed by atoms with Gasteiger partial charge in [0.2, 0.25) is 0 Å². The van der Waals surface area contributed by atoms with Crippen LogP contribution in [0.4, 0.5) is 0 Å². The van der Waals surface area contributed by atoms with Crippen LogP contribution in [0.5, 0.6) is 5.75 Å². The van der Waals surface area contributed by atoms with Gasteiger partial charge in [0.15, 0.2) is 11.4 Å². The van der Waals surface area contributed by atoms with Gasteiger partial charge in [-0.05, 0) is 37.6 Å². The fourth-order valence-electron chi connectivity index (χ4n) is 1.74. The number of aromatic nitrogens is 1. The molecule has 1 heterocycles. The van der Waals surface area contributed by atoms with Crippen molar-refractivity contribution in [3.05, 3.63) is 57.9 Å². The van der Waals surface area contributed by atoms with Crippen molar-refractivity contribution in [3.63, 3.8) is 0 Å². The number of aromatic carboxylic acids is 1. The van der Waals surface area contributed by atoms with Crippen molar-refractivity contribution in [1.29, 1.82) is 0 Å². The Bertz CT molecular complexity index is 656. The third-order valence-electron chi connectivity index (χ3n) is 2.79. The van der Waals surface area contributed by atoms with Crippen molar-refractivity contribution < 1.29 is 14.6 Å². The van der Waals surface area contributed by atoms with Crippen LogP contribution in [0.25, 0.3) is 0 Å². The summed E-state index contributed by atoms with van der Waals surface area (Å²) in [5.41, 5.74) is 2.40. The SMILES string of the molecule is Cc1ccc(COc2ccc(C)nc2C(=O)O)c(Cl)c1. The number of hydrogen-bond donors (Lipinski definition) is 1. The number of halogens is 1. The van der Waals surface area contributed by atoms with Gasteiger partial charge in [0.1, 0.15) is 6.61 Å². The van der Waals surface area contributed by atoms with E-state index in [1.165, 1.54) is 0 Å². The van der Waals surface area contributed by atoms with Crippen molar-refractivity contribution >= 4 is 17.6 Å². The van der Waals surface area contributed by atoms with Gasteiger partial charge >= 0.3 is 5.97 Å². The van der Waals surface area contributed by atoms with E-state index >= 15 is 0 Å². The molecule has 0 spiro atoms. The van der Waals surface area contributed by atoms with Crippen LogP contribution in [0, 0.1) is 13.8 Å². The summed E-state index contributed by atoms with van der Waals surface area (Å²) in [5.74, 6) is -0.876. The second-order valence-corrected chi connectivity index (χ2v) is 4.90. The molecule has 0 atom stereocenters. The predicted molar refractivity (Wildman–Crippen MR) is 76.5 cm³/mol. The van der Waals surface area contributed by atoms with E-state index in [2.05, 4.69) is 4.98 Å². The van der Waals surface area contributed by atoms with Gasteiger partial charge < -0.3 is 9.84 Å². The third-order valence-corrected chi connectivity index (χ3v) is 3.14. The fourth-order valence-corrected chi connectivity index (χ4v) is 2.03. The van der Waals surface area contributed by atoms with E-state index in [4.69, 9.17) is 21.4 Å². The van der Waals surface area contributed by atoms with E-state index in [-0.39, 0.29) is 18.1 Å². The molecule has 0 unspecified atom stereocenters. The lowest BCUT2D eigenvalue weighted by Gasteiger charge is -2.10. The third kappa shape index (κ3) is 3.27. The molecule has 0 aliphatic heterocycles. The number of hydrogen-bond acceptors (Lipinski definition) is 3. The summed E-state index contributed by atoms with van der Waals surface area (Å²) in [6.45, 7) is 3.88. The average molecular weight is 292 g/mol. The van der Waals surface area contributed by atoms with E-state index in [1.54, 1.807) is 19.1 Å². The molecule has 1 aromatic heterocycles. The number of nitrogens with zero attached hydrogens (tertiary/aromatic N) is 1. The molecule has 2 aromatic rings. The van der Waals surface area contributed by atoms with Gasteiger partial charge in [-0.3, -0.25) is 0 Å². The summed E-state index contributed by atoms with van der Waals surface area (Å²) >= 11 is 6.11. The lowest BCUT2D eigenvalue weighted by Crippen LogP contribution is -2.07. The standard InChI is InChI=1S/C15H14ClNO3/c1-9-3-5-11(12(16)7-9)8-20-13-6-4-10(2)17-14(13)15(18)19/h3-7H,8H2,1-2H3,(H,18,19). The molecule has 4 nitrogen and oxygen atoms in total. The average Bonchev–Trinajstić information content (AvgIpc) is 2.38. The molecule has 0 saturated heterocycles. The van der Waals surface area contributed by atoms with Gasteiger partial charge in [-0.2, -0.15) is 0 Å². The summed E-state index contributed by atoms with van der Waals surface area (Å²) in [6, 6.07) is 8.94. The molecular weight excluding hydrogens is 278 g/mol. The van der Waals surface area contributed by atoms with Crippen LogP contribution in [-0.4, -0.2) is 16.1 Å². The van der Waals surface area contributed by atoms with Gasteiger partial charge in [-0.25, -0.2) is 9.78 Å². The molecule has 5 heteroatoms. The highest BCUT2D eigenvalue weighted by atomic mass is 35.5. The molecule has 20 heavy (non-hydrogen) atoms. The molecule has 1 aromatic carbocycles. The molecule has 0 amide bonds. The second-order valence-electron chi connectivity index (χ2n) is 4.49. The lowest BCUT2D eigenvalue weighted by molar-refractivity contribution is 0.0684. The van der Waals surface area contributed by atoms with Crippen LogP contribution >= 0.6 is 11.6 Å². The summed E-state index contributed by atoms with van der Waals surface area (Å²) in [6.07, 6.45) is 0. The van der Waals surface area contributed by atoms with Crippen molar-refractivity contribution in [2.75, 3.05) is 0 Å². The van der Waals surface area contributed by atoms with Gasteiger partial charge in [0.05, 0.1) is 0 Å². The number of benzene rings is 1. The number of carboxylic acids is 1. The van der Waals surface area contributed by atoms with E-state index in [1.807, 2.05) is 25.1 Å². The number of pyridine rings is 1. The molecule has 0 saturated carbocycles. The van der Waals surface area contributed by atoms with Crippen molar-refractivity contribution in [2.45, 2.75) is 20.5 Å². The molecule has 0 aliphatic rings. The Morgan fingerprint density at radius 2 is 2.05 bits per heavy atom. The quantitative estimate of drug-likeness (QED) is 0.934. The van der Waals surface area contributed by atoms with E-state index in [0.29, 0.717) is 10.7 Å². The fraction of sp³-hybridized carbons (Fsp3) is 0.200. The van der Waals surface area contributed by atoms with Crippen LogP contribution in [0.1, 0.15) is 27.3 Å². The molecule has 0 bridgehead atoms. The van der Waals surface area contributed by atoms with Crippen LogP contribution in [0.2, 0.25) is 5.02 Å². The van der Waals surface area contributed by atoms with Crippen molar-refractivity contribution in [1.82, 2.24) is 4.98 Å².